The lowest BCUT2D eigenvalue weighted by atomic mass is 10.1. The third-order valence-corrected chi connectivity index (χ3v) is 8.39. The van der Waals surface area contributed by atoms with Crippen LogP contribution >= 0.6 is 22.7 Å². The van der Waals surface area contributed by atoms with Gasteiger partial charge in [-0.25, -0.2) is 9.97 Å². The average Bonchev–Trinajstić information content (AvgIpc) is 3.63. The SMILES string of the molecule is O=C(c1nc2c(s1)c(=O)c1cc3c(cc12)c(=O)c1sc(C(=O)C(F)(F)C(F)(F)C(F)(F)F)nc13)C(F)(F)C(F)(F)C(F)(F)F. The maximum absolute atomic E-state index is 13.9. The highest BCUT2D eigenvalue weighted by atomic mass is 32.1. The van der Waals surface area contributed by atoms with Gasteiger partial charge in [-0.15, -0.1) is 22.7 Å². The number of thiazole rings is 2. The zero-order chi connectivity index (χ0) is 33.3. The molecule has 2 aromatic heterocycles. The number of aromatic nitrogens is 2. The van der Waals surface area contributed by atoms with Gasteiger partial charge in [-0.3, -0.25) is 19.2 Å². The Balaban J connectivity index is 1.64. The maximum atomic E-state index is 13.9. The third-order valence-electron chi connectivity index (χ3n) is 6.28. The number of Topliss-reactive ketones (excluding diaryl/α,β-unsaturated/α-hetero) is 2. The zero-order valence-electron chi connectivity index (χ0n) is 19.8. The molecule has 22 heteroatoms. The lowest BCUT2D eigenvalue weighted by Crippen LogP contribution is -2.56. The van der Waals surface area contributed by atoms with E-state index in [-0.39, 0.29) is 22.7 Å². The van der Waals surface area contributed by atoms with E-state index in [1.54, 1.807) is 0 Å². The Hall–Kier alpha value is -3.82. The highest BCUT2D eigenvalue weighted by molar-refractivity contribution is 7.21. The standard InChI is InChI=1S/C22H2F14N2O4S2/c23-17(24,19(27,28)21(31,32)33)13(41)15-37-7-3-1-5-4(2-6(3)10(40)11(7)43-15)8-12(9(5)39)44-16(38-8)14(42)18(25,26)20(29,30)22(34,35)36/h1-2H. The van der Waals surface area contributed by atoms with Crippen LogP contribution in [0.25, 0.3) is 42.0 Å². The fourth-order valence-electron chi connectivity index (χ4n) is 4.03. The van der Waals surface area contributed by atoms with E-state index in [0.717, 1.165) is 12.1 Å². The molecule has 234 valence electrons. The molecule has 0 saturated carbocycles. The summed E-state index contributed by atoms with van der Waals surface area (Å²) in [7, 11) is 0. The van der Waals surface area contributed by atoms with Gasteiger partial charge >= 0.3 is 36.0 Å². The second-order valence-electron chi connectivity index (χ2n) is 8.95. The Morgan fingerprint density at radius 3 is 1.09 bits per heavy atom. The van der Waals surface area contributed by atoms with Gasteiger partial charge in [0, 0.05) is 21.5 Å². The quantitative estimate of drug-likeness (QED) is 0.143. The van der Waals surface area contributed by atoms with E-state index >= 15 is 0 Å². The predicted octanol–water partition coefficient (Wildman–Crippen LogP) is 6.84. The molecule has 0 atom stereocenters. The fraction of sp³-hybridized carbons (Fsp3) is 0.273. The van der Waals surface area contributed by atoms with Crippen molar-refractivity contribution in [2.75, 3.05) is 0 Å². The molecule has 44 heavy (non-hydrogen) atoms. The summed E-state index contributed by atoms with van der Waals surface area (Å²) < 4.78 is 182. The molecule has 0 bridgehead atoms. The largest absolute Gasteiger partial charge is 0.460 e. The topological polar surface area (TPSA) is 94.1 Å². The molecular weight excluding hydrogens is 686 g/mol. The van der Waals surface area contributed by atoms with Crippen LogP contribution in [0.15, 0.2) is 21.7 Å². The van der Waals surface area contributed by atoms with Gasteiger partial charge in [0.25, 0.3) is 11.6 Å². The highest BCUT2D eigenvalue weighted by Gasteiger charge is 2.77. The van der Waals surface area contributed by atoms with Crippen molar-refractivity contribution in [2.24, 2.45) is 0 Å². The summed E-state index contributed by atoms with van der Waals surface area (Å²) in [6, 6.07) is 1.57. The number of carbonyl (C=O) groups is 2. The summed E-state index contributed by atoms with van der Waals surface area (Å²) >= 11 is -0.586. The van der Waals surface area contributed by atoms with Gasteiger partial charge in [0.05, 0.1) is 11.0 Å². The molecule has 0 aliphatic rings. The molecule has 0 fully saturated rings. The van der Waals surface area contributed by atoms with Crippen LogP contribution in [0.3, 0.4) is 0 Å². The Morgan fingerprint density at radius 2 is 0.818 bits per heavy atom. The van der Waals surface area contributed by atoms with Crippen LogP contribution in [-0.4, -0.2) is 57.6 Å². The van der Waals surface area contributed by atoms with E-state index in [1.807, 2.05) is 0 Å². The number of fused-ring (bicyclic) bond motifs is 6. The smallest absolute Gasteiger partial charge is 0.288 e. The number of rotatable bonds is 6. The first kappa shape index (κ1) is 31.6. The fourth-order valence-corrected chi connectivity index (χ4v) is 6.04. The summed E-state index contributed by atoms with van der Waals surface area (Å²) in [5.74, 6) is -32.5. The molecule has 0 aliphatic heterocycles. The van der Waals surface area contributed by atoms with E-state index in [4.69, 9.17) is 0 Å². The number of benzene rings is 1. The molecule has 0 N–H and O–H groups in total. The van der Waals surface area contributed by atoms with E-state index in [9.17, 15) is 80.6 Å². The summed E-state index contributed by atoms with van der Waals surface area (Å²) in [5.41, 5.74) is -3.78. The number of hydrogen-bond donors (Lipinski definition) is 0. The maximum Gasteiger partial charge on any atom is 0.460 e. The minimum atomic E-state index is -6.86. The van der Waals surface area contributed by atoms with Gasteiger partial charge < -0.3 is 0 Å². The monoisotopic (exact) mass is 688 g/mol. The second-order valence-corrected chi connectivity index (χ2v) is 10.9. The van der Waals surface area contributed by atoms with Crippen molar-refractivity contribution in [3.8, 4) is 0 Å². The van der Waals surface area contributed by atoms with E-state index < -0.39 is 110 Å². The summed E-state index contributed by atoms with van der Waals surface area (Å²) in [6.45, 7) is 0. The molecule has 5 aromatic rings. The third kappa shape index (κ3) is 3.91. The molecule has 0 aliphatic carbocycles. The summed E-state index contributed by atoms with van der Waals surface area (Å²) in [4.78, 5) is 56.3. The molecule has 0 saturated heterocycles. The van der Waals surface area contributed by atoms with Crippen molar-refractivity contribution in [3.05, 3.63) is 42.6 Å². The lowest BCUT2D eigenvalue weighted by molar-refractivity contribution is -0.339. The molecule has 6 nitrogen and oxygen atoms in total. The van der Waals surface area contributed by atoms with Crippen molar-refractivity contribution < 1.29 is 71.1 Å². The highest BCUT2D eigenvalue weighted by Crippen LogP contribution is 2.50. The minimum absolute atomic E-state index is 0.293. The van der Waals surface area contributed by atoms with Crippen LogP contribution < -0.4 is 10.9 Å². The first-order valence-corrected chi connectivity index (χ1v) is 12.5. The van der Waals surface area contributed by atoms with Crippen molar-refractivity contribution in [1.29, 1.82) is 0 Å². The molecule has 3 aromatic carbocycles. The minimum Gasteiger partial charge on any atom is -0.288 e. The number of ketones is 2. The van der Waals surface area contributed by atoms with Crippen molar-refractivity contribution in [1.82, 2.24) is 9.97 Å². The molecular formula is C22H2F14N2O4S2. The number of alkyl halides is 14. The van der Waals surface area contributed by atoms with Crippen LogP contribution in [-0.2, 0) is 0 Å². The van der Waals surface area contributed by atoms with Crippen molar-refractivity contribution in [2.45, 2.75) is 36.0 Å². The first-order chi connectivity index (χ1) is 19.8. The predicted molar refractivity (Wildman–Crippen MR) is 123 cm³/mol. The number of hydrogen-bond acceptors (Lipinski definition) is 8. The van der Waals surface area contributed by atoms with Gasteiger partial charge in [0.1, 0.15) is 9.40 Å². The van der Waals surface area contributed by atoms with Gasteiger partial charge in [-0.1, -0.05) is 0 Å². The van der Waals surface area contributed by atoms with Crippen LogP contribution in [0.4, 0.5) is 61.5 Å². The molecule has 0 unspecified atom stereocenters. The van der Waals surface area contributed by atoms with E-state index in [0.29, 0.717) is 0 Å². The average molecular weight is 688 g/mol. The van der Waals surface area contributed by atoms with Crippen LogP contribution in [0.1, 0.15) is 19.6 Å². The molecule has 2 heterocycles. The van der Waals surface area contributed by atoms with Crippen LogP contribution in [0, 0.1) is 0 Å². The van der Waals surface area contributed by atoms with E-state index in [1.165, 1.54) is 0 Å². The second kappa shape index (κ2) is 8.88. The normalized spacial score (nSPS) is 14.5. The Bertz CT molecular complexity index is 2000. The first-order valence-electron chi connectivity index (χ1n) is 10.8. The number of halogens is 14. The summed E-state index contributed by atoms with van der Waals surface area (Å²) in [6.07, 6.45) is -13.7. The molecule has 0 spiro atoms. The van der Waals surface area contributed by atoms with Crippen molar-refractivity contribution >= 4 is 76.2 Å². The van der Waals surface area contributed by atoms with Crippen LogP contribution in [0.2, 0.25) is 0 Å². The Kier molecular flexibility index (Phi) is 6.38. The van der Waals surface area contributed by atoms with Gasteiger partial charge in [0.15, 0.2) is 10.0 Å². The van der Waals surface area contributed by atoms with Gasteiger partial charge in [0.2, 0.25) is 10.9 Å². The number of carbonyl (C=O) groups excluding carboxylic acids is 2. The lowest BCUT2D eigenvalue weighted by Gasteiger charge is -2.26. The van der Waals surface area contributed by atoms with Gasteiger partial charge in [-0.2, -0.15) is 61.5 Å². The Morgan fingerprint density at radius 1 is 0.523 bits per heavy atom. The number of nitrogens with zero attached hydrogens (tertiary/aromatic N) is 2. The summed E-state index contributed by atoms with van der Waals surface area (Å²) in [5, 5.41) is -5.09. The molecule has 0 amide bonds. The van der Waals surface area contributed by atoms with Crippen LogP contribution in [0.5, 0.6) is 0 Å². The van der Waals surface area contributed by atoms with E-state index in [2.05, 4.69) is 9.97 Å². The van der Waals surface area contributed by atoms with Gasteiger partial charge in [-0.05, 0) is 12.1 Å². The molecule has 0 radical (unpaired) electrons. The van der Waals surface area contributed by atoms with Crippen molar-refractivity contribution in [3.63, 3.8) is 0 Å². The molecule has 5 rings (SSSR count). The Labute approximate surface area is 236 Å². The zero-order valence-corrected chi connectivity index (χ0v) is 21.4.